The Kier molecular flexibility index (Phi) is 10.5. The summed E-state index contributed by atoms with van der Waals surface area (Å²) in [6.45, 7) is 4.82. The molecule has 0 aliphatic carbocycles. The molecule has 0 radical (unpaired) electrons. The van der Waals surface area contributed by atoms with E-state index in [4.69, 9.17) is 4.74 Å². The van der Waals surface area contributed by atoms with Crippen LogP contribution in [0.4, 0.5) is 0 Å². The first kappa shape index (κ1) is 26.2. The number of rotatable bonds is 13. The molecule has 0 heterocycles. The minimum absolute atomic E-state index is 0.181. The van der Waals surface area contributed by atoms with Crippen LogP contribution in [0.1, 0.15) is 43.4 Å². The van der Waals surface area contributed by atoms with E-state index < -0.39 is 18.1 Å². The number of hydrogen-bond donors (Lipinski definition) is 2. The second-order valence-electron chi connectivity index (χ2n) is 9.23. The molecule has 0 saturated heterocycles. The highest BCUT2D eigenvalue weighted by Crippen LogP contribution is 2.11. The Morgan fingerprint density at radius 3 is 1.86 bits per heavy atom. The van der Waals surface area contributed by atoms with Gasteiger partial charge in [-0.1, -0.05) is 105 Å². The lowest BCUT2D eigenvalue weighted by Gasteiger charge is -2.24. The summed E-state index contributed by atoms with van der Waals surface area (Å²) in [7, 11) is 0. The summed E-state index contributed by atoms with van der Waals surface area (Å²) in [4.78, 5) is 26.3. The van der Waals surface area contributed by atoms with Crippen molar-refractivity contribution in [1.82, 2.24) is 10.6 Å². The lowest BCUT2D eigenvalue weighted by molar-refractivity contribution is -0.149. The van der Waals surface area contributed by atoms with Gasteiger partial charge in [0.05, 0.1) is 6.04 Å². The number of carbonyl (C=O) groups is 2. The summed E-state index contributed by atoms with van der Waals surface area (Å²) < 4.78 is 5.56. The summed E-state index contributed by atoms with van der Waals surface area (Å²) in [6, 6.07) is 28.6. The van der Waals surface area contributed by atoms with E-state index in [2.05, 4.69) is 22.8 Å². The fourth-order valence-electron chi connectivity index (χ4n) is 3.91. The van der Waals surface area contributed by atoms with Crippen LogP contribution in [0.15, 0.2) is 91.0 Å². The number of hydrogen-bond acceptors (Lipinski definition) is 4. The van der Waals surface area contributed by atoms with Crippen molar-refractivity contribution in [3.05, 3.63) is 108 Å². The Morgan fingerprint density at radius 2 is 1.29 bits per heavy atom. The van der Waals surface area contributed by atoms with Crippen molar-refractivity contribution in [3.63, 3.8) is 0 Å². The topological polar surface area (TPSA) is 67.4 Å². The molecule has 2 atom stereocenters. The Hall–Kier alpha value is -3.44. The van der Waals surface area contributed by atoms with Crippen LogP contribution < -0.4 is 10.6 Å². The van der Waals surface area contributed by atoms with Crippen LogP contribution in [0, 0.1) is 5.92 Å². The first-order valence-electron chi connectivity index (χ1n) is 12.3. The molecule has 0 saturated carbocycles. The van der Waals surface area contributed by atoms with Gasteiger partial charge in [-0.3, -0.25) is 4.79 Å². The molecule has 3 aromatic carbocycles. The molecule has 1 amide bonds. The van der Waals surface area contributed by atoms with E-state index in [-0.39, 0.29) is 18.4 Å². The van der Waals surface area contributed by atoms with Gasteiger partial charge in [-0.15, -0.1) is 0 Å². The third-order valence-corrected chi connectivity index (χ3v) is 5.81. The largest absolute Gasteiger partial charge is 0.459 e. The van der Waals surface area contributed by atoms with Crippen molar-refractivity contribution in [2.45, 2.75) is 58.3 Å². The fourth-order valence-corrected chi connectivity index (χ4v) is 3.91. The van der Waals surface area contributed by atoms with E-state index in [0.29, 0.717) is 19.4 Å². The van der Waals surface area contributed by atoms with E-state index in [1.165, 1.54) is 5.56 Å². The molecular formula is C30H36N2O3. The highest BCUT2D eigenvalue weighted by molar-refractivity contribution is 5.87. The van der Waals surface area contributed by atoms with Gasteiger partial charge in [0.2, 0.25) is 5.91 Å². The van der Waals surface area contributed by atoms with Gasteiger partial charge < -0.3 is 15.4 Å². The van der Waals surface area contributed by atoms with Gasteiger partial charge >= 0.3 is 5.97 Å². The summed E-state index contributed by atoms with van der Waals surface area (Å²) in [5, 5.41) is 6.38. The number of ether oxygens (including phenoxy) is 1. The van der Waals surface area contributed by atoms with Crippen LogP contribution in [-0.2, 0) is 33.9 Å². The third kappa shape index (κ3) is 9.38. The van der Waals surface area contributed by atoms with Crippen molar-refractivity contribution in [2.24, 2.45) is 5.92 Å². The fraction of sp³-hybridized carbons (Fsp3) is 0.333. The SMILES string of the molecule is CC(C)C[C@H](NC(=O)[C@H](CCc1ccccc1)NCc1ccccc1)C(=O)OCc1ccccc1. The molecule has 0 spiro atoms. The Morgan fingerprint density at radius 1 is 0.743 bits per heavy atom. The molecule has 0 bridgehead atoms. The summed E-state index contributed by atoms with van der Waals surface area (Å²) >= 11 is 0. The second kappa shape index (κ2) is 14.1. The van der Waals surface area contributed by atoms with Crippen molar-refractivity contribution >= 4 is 11.9 Å². The van der Waals surface area contributed by atoms with Crippen molar-refractivity contribution in [2.75, 3.05) is 0 Å². The zero-order chi connectivity index (χ0) is 24.9. The predicted octanol–water partition coefficient (Wildman–Crippen LogP) is 5.05. The van der Waals surface area contributed by atoms with Crippen LogP contribution in [0.3, 0.4) is 0 Å². The number of esters is 1. The first-order valence-corrected chi connectivity index (χ1v) is 12.3. The first-order chi connectivity index (χ1) is 17.0. The van der Waals surface area contributed by atoms with Crippen molar-refractivity contribution in [3.8, 4) is 0 Å². The number of nitrogens with one attached hydrogen (secondary N) is 2. The maximum absolute atomic E-state index is 13.4. The molecule has 0 aliphatic rings. The standard InChI is InChI=1S/C30H36N2O3/c1-23(2)20-28(30(34)35-22-26-16-10-5-11-17-26)32-29(33)27(19-18-24-12-6-3-7-13-24)31-21-25-14-8-4-9-15-25/h3-17,23,27-28,31H,18-22H2,1-2H3,(H,32,33)/t27-,28-/m0/s1. The van der Waals surface area contributed by atoms with Crippen LogP contribution in [0.25, 0.3) is 0 Å². The minimum atomic E-state index is -0.691. The van der Waals surface area contributed by atoms with Crippen LogP contribution in [0.5, 0.6) is 0 Å². The van der Waals surface area contributed by atoms with E-state index >= 15 is 0 Å². The predicted molar refractivity (Wildman–Crippen MR) is 139 cm³/mol. The quantitative estimate of drug-likeness (QED) is 0.342. The van der Waals surface area contributed by atoms with Gasteiger partial charge in [0, 0.05) is 6.54 Å². The molecule has 2 N–H and O–H groups in total. The zero-order valence-electron chi connectivity index (χ0n) is 20.7. The Labute approximate surface area is 208 Å². The van der Waals surface area contributed by atoms with E-state index in [1.54, 1.807) is 0 Å². The molecule has 0 unspecified atom stereocenters. The van der Waals surface area contributed by atoms with Gasteiger partial charge in [-0.05, 0) is 41.9 Å². The van der Waals surface area contributed by atoms with Crippen LogP contribution >= 0.6 is 0 Å². The Bertz CT molecular complexity index is 980. The smallest absolute Gasteiger partial charge is 0.328 e. The average molecular weight is 473 g/mol. The lowest BCUT2D eigenvalue weighted by Crippen LogP contribution is -2.51. The van der Waals surface area contributed by atoms with Gasteiger partial charge in [-0.25, -0.2) is 4.79 Å². The molecule has 0 fully saturated rings. The lowest BCUT2D eigenvalue weighted by atomic mass is 10.0. The normalized spacial score (nSPS) is 12.7. The number of aryl methyl sites for hydroxylation is 1. The minimum Gasteiger partial charge on any atom is -0.459 e. The van der Waals surface area contributed by atoms with E-state index in [9.17, 15) is 9.59 Å². The van der Waals surface area contributed by atoms with Crippen molar-refractivity contribution < 1.29 is 14.3 Å². The maximum Gasteiger partial charge on any atom is 0.328 e. The average Bonchev–Trinajstić information content (AvgIpc) is 2.88. The second-order valence-corrected chi connectivity index (χ2v) is 9.23. The number of benzene rings is 3. The molecular weight excluding hydrogens is 436 g/mol. The molecule has 184 valence electrons. The zero-order valence-corrected chi connectivity index (χ0v) is 20.7. The van der Waals surface area contributed by atoms with Gasteiger partial charge in [-0.2, -0.15) is 0 Å². The maximum atomic E-state index is 13.4. The number of amides is 1. The van der Waals surface area contributed by atoms with Gasteiger partial charge in [0.1, 0.15) is 12.6 Å². The van der Waals surface area contributed by atoms with Crippen LogP contribution in [0.2, 0.25) is 0 Å². The van der Waals surface area contributed by atoms with Gasteiger partial charge in [0.25, 0.3) is 0 Å². The summed E-state index contributed by atoms with van der Waals surface area (Å²) in [6.07, 6.45) is 1.90. The molecule has 3 rings (SSSR count). The number of carbonyl (C=O) groups excluding carboxylic acids is 2. The summed E-state index contributed by atoms with van der Waals surface area (Å²) in [5.74, 6) is -0.357. The Balaban J connectivity index is 1.65. The van der Waals surface area contributed by atoms with Crippen LogP contribution in [-0.4, -0.2) is 24.0 Å². The third-order valence-electron chi connectivity index (χ3n) is 5.81. The molecule has 5 heteroatoms. The van der Waals surface area contributed by atoms with Gasteiger partial charge in [0.15, 0.2) is 0 Å². The molecule has 0 aromatic heterocycles. The summed E-state index contributed by atoms with van der Waals surface area (Å²) in [5.41, 5.74) is 3.19. The molecule has 0 aliphatic heterocycles. The van der Waals surface area contributed by atoms with Crippen molar-refractivity contribution in [1.29, 1.82) is 0 Å². The molecule has 3 aromatic rings. The highest BCUT2D eigenvalue weighted by Gasteiger charge is 2.27. The van der Waals surface area contributed by atoms with E-state index in [1.807, 2.05) is 92.7 Å². The highest BCUT2D eigenvalue weighted by atomic mass is 16.5. The van der Waals surface area contributed by atoms with E-state index in [0.717, 1.165) is 17.5 Å². The monoisotopic (exact) mass is 472 g/mol. The molecule has 35 heavy (non-hydrogen) atoms. The molecule has 5 nitrogen and oxygen atoms in total.